The fourth-order valence-corrected chi connectivity index (χ4v) is 3.03. The van der Waals surface area contributed by atoms with Crippen LogP contribution in [0.25, 0.3) is 0 Å². The molecule has 17 heavy (non-hydrogen) atoms. The van der Waals surface area contributed by atoms with Gasteiger partial charge in [0, 0.05) is 7.11 Å². The Hall–Kier alpha value is -0.0800. The summed E-state index contributed by atoms with van der Waals surface area (Å²) >= 11 is 0. The molecular formula is C15H30O2. The van der Waals surface area contributed by atoms with E-state index < -0.39 is 0 Å². The van der Waals surface area contributed by atoms with Gasteiger partial charge in [-0.25, -0.2) is 0 Å². The van der Waals surface area contributed by atoms with Gasteiger partial charge < -0.3 is 9.84 Å². The van der Waals surface area contributed by atoms with Gasteiger partial charge >= 0.3 is 0 Å². The Morgan fingerprint density at radius 1 is 1.06 bits per heavy atom. The zero-order valence-electron chi connectivity index (χ0n) is 11.7. The smallest absolute Gasteiger partial charge is 0.0936 e. The van der Waals surface area contributed by atoms with Crippen molar-refractivity contribution in [2.24, 2.45) is 0 Å². The maximum Gasteiger partial charge on any atom is 0.0936 e. The normalized spacial score (nSPS) is 21.4. The van der Waals surface area contributed by atoms with E-state index in [1.54, 1.807) is 7.11 Å². The molecule has 0 spiro atoms. The van der Waals surface area contributed by atoms with Crippen molar-refractivity contribution in [3.8, 4) is 0 Å². The summed E-state index contributed by atoms with van der Waals surface area (Å²) in [5.74, 6) is 0. The predicted octanol–water partition coefficient (Wildman–Crippen LogP) is 4.06. The summed E-state index contributed by atoms with van der Waals surface area (Å²) in [7, 11) is 1.77. The van der Waals surface area contributed by atoms with E-state index in [0.29, 0.717) is 0 Å². The van der Waals surface area contributed by atoms with Crippen molar-refractivity contribution in [2.75, 3.05) is 7.11 Å². The molecule has 0 aromatic carbocycles. The van der Waals surface area contributed by atoms with Crippen LogP contribution < -0.4 is 0 Å². The lowest BCUT2D eigenvalue weighted by Crippen LogP contribution is -2.45. The lowest BCUT2D eigenvalue weighted by Gasteiger charge is -2.40. The molecule has 1 rings (SSSR count). The molecule has 102 valence electrons. The Labute approximate surface area is 107 Å². The van der Waals surface area contributed by atoms with Crippen LogP contribution in [0.3, 0.4) is 0 Å². The number of hydrogen-bond acceptors (Lipinski definition) is 2. The van der Waals surface area contributed by atoms with Crippen LogP contribution in [0, 0.1) is 0 Å². The molecule has 1 aliphatic rings. The van der Waals surface area contributed by atoms with Crippen molar-refractivity contribution in [1.82, 2.24) is 0 Å². The van der Waals surface area contributed by atoms with Gasteiger partial charge in [-0.05, 0) is 19.3 Å². The maximum absolute atomic E-state index is 10.4. The fraction of sp³-hybridized carbons (Fsp3) is 1.00. The molecular weight excluding hydrogens is 212 g/mol. The number of methoxy groups -OCH3 is 1. The highest BCUT2D eigenvalue weighted by Crippen LogP contribution is 2.35. The zero-order chi connectivity index (χ0) is 12.6. The largest absolute Gasteiger partial charge is 0.390 e. The van der Waals surface area contributed by atoms with Crippen molar-refractivity contribution < 1.29 is 9.84 Å². The van der Waals surface area contributed by atoms with E-state index in [4.69, 9.17) is 4.74 Å². The molecule has 1 saturated carbocycles. The summed E-state index contributed by atoms with van der Waals surface area (Å²) < 4.78 is 5.67. The highest BCUT2D eigenvalue weighted by molar-refractivity contribution is 4.90. The molecule has 1 aliphatic carbocycles. The number of unbranched alkanes of at least 4 members (excludes halogenated alkanes) is 4. The lowest BCUT2D eigenvalue weighted by atomic mass is 9.79. The minimum absolute atomic E-state index is 0.219. The molecule has 1 atom stereocenters. The molecule has 1 unspecified atom stereocenters. The Morgan fingerprint density at radius 2 is 1.71 bits per heavy atom. The van der Waals surface area contributed by atoms with Crippen LogP contribution in [0.2, 0.25) is 0 Å². The minimum Gasteiger partial charge on any atom is -0.390 e. The van der Waals surface area contributed by atoms with Gasteiger partial charge in [-0.1, -0.05) is 58.3 Å². The van der Waals surface area contributed by atoms with E-state index in [0.717, 1.165) is 25.7 Å². The van der Waals surface area contributed by atoms with Gasteiger partial charge in [-0.15, -0.1) is 0 Å². The van der Waals surface area contributed by atoms with E-state index in [-0.39, 0.29) is 11.7 Å². The third-order valence-corrected chi connectivity index (χ3v) is 4.29. The standard InChI is InChI=1S/C15H30O2/c1-3-4-5-6-8-11-14(16)15(17-2)12-9-7-10-13-15/h14,16H,3-13H2,1-2H3. The first-order chi connectivity index (χ1) is 8.25. The number of hydrogen-bond donors (Lipinski definition) is 1. The second-order valence-electron chi connectivity index (χ2n) is 5.55. The first-order valence-electron chi connectivity index (χ1n) is 7.48. The predicted molar refractivity (Wildman–Crippen MR) is 72.2 cm³/mol. The van der Waals surface area contributed by atoms with Gasteiger partial charge in [0.25, 0.3) is 0 Å². The van der Waals surface area contributed by atoms with Crippen molar-refractivity contribution in [2.45, 2.75) is 89.3 Å². The highest BCUT2D eigenvalue weighted by atomic mass is 16.5. The van der Waals surface area contributed by atoms with Crippen LogP contribution in [0.15, 0.2) is 0 Å². The Morgan fingerprint density at radius 3 is 2.29 bits per heavy atom. The van der Waals surface area contributed by atoms with Gasteiger partial charge in [0.05, 0.1) is 11.7 Å². The van der Waals surface area contributed by atoms with Crippen LogP contribution in [0.5, 0.6) is 0 Å². The van der Waals surface area contributed by atoms with Crippen molar-refractivity contribution >= 4 is 0 Å². The molecule has 0 radical (unpaired) electrons. The van der Waals surface area contributed by atoms with Crippen LogP contribution in [-0.2, 0) is 4.74 Å². The summed E-state index contributed by atoms with van der Waals surface area (Å²) in [4.78, 5) is 0. The maximum atomic E-state index is 10.4. The van der Waals surface area contributed by atoms with E-state index in [9.17, 15) is 5.11 Å². The van der Waals surface area contributed by atoms with Crippen LogP contribution >= 0.6 is 0 Å². The van der Waals surface area contributed by atoms with Crippen LogP contribution in [-0.4, -0.2) is 23.9 Å². The van der Waals surface area contributed by atoms with Gasteiger partial charge in [-0.3, -0.25) is 0 Å². The summed E-state index contributed by atoms with van der Waals surface area (Å²) in [5, 5.41) is 10.4. The fourth-order valence-electron chi connectivity index (χ4n) is 3.03. The summed E-state index contributed by atoms with van der Waals surface area (Å²) in [6.07, 6.45) is 12.8. The van der Waals surface area contributed by atoms with Crippen LogP contribution in [0.1, 0.15) is 77.6 Å². The van der Waals surface area contributed by atoms with E-state index in [1.807, 2.05) is 0 Å². The Bertz CT molecular complexity index is 185. The van der Waals surface area contributed by atoms with Crippen molar-refractivity contribution in [1.29, 1.82) is 0 Å². The highest BCUT2D eigenvalue weighted by Gasteiger charge is 2.38. The molecule has 1 N–H and O–H groups in total. The number of aliphatic hydroxyl groups is 1. The molecule has 2 heteroatoms. The second-order valence-corrected chi connectivity index (χ2v) is 5.55. The van der Waals surface area contributed by atoms with Crippen molar-refractivity contribution in [3.63, 3.8) is 0 Å². The first-order valence-corrected chi connectivity index (χ1v) is 7.48. The molecule has 0 aromatic rings. The van der Waals surface area contributed by atoms with E-state index in [1.165, 1.54) is 44.9 Å². The Kier molecular flexibility index (Phi) is 7.14. The molecule has 0 saturated heterocycles. The molecule has 0 aliphatic heterocycles. The number of ether oxygens (including phenoxy) is 1. The van der Waals surface area contributed by atoms with Crippen molar-refractivity contribution in [3.05, 3.63) is 0 Å². The van der Waals surface area contributed by atoms with Gasteiger partial charge in [0.2, 0.25) is 0 Å². The van der Waals surface area contributed by atoms with Gasteiger partial charge in [0.15, 0.2) is 0 Å². The quantitative estimate of drug-likeness (QED) is 0.650. The monoisotopic (exact) mass is 242 g/mol. The van der Waals surface area contributed by atoms with E-state index in [2.05, 4.69) is 6.92 Å². The third kappa shape index (κ3) is 4.59. The molecule has 0 amide bonds. The van der Waals surface area contributed by atoms with Gasteiger partial charge in [-0.2, -0.15) is 0 Å². The first kappa shape index (κ1) is 15.0. The summed E-state index contributed by atoms with van der Waals surface area (Å²) in [5.41, 5.74) is -0.219. The average molecular weight is 242 g/mol. The summed E-state index contributed by atoms with van der Waals surface area (Å²) in [6.45, 7) is 2.23. The minimum atomic E-state index is -0.255. The number of rotatable bonds is 8. The Balaban J connectivity index is 2.25. The van der Waals surface area contributed by atoms with Crippen LogP contribution in [0.4, 0.5) is 0 Å². The molecule has 2 nitrogen and oxygen atoms in total. The molecule has 1 fully saturated rings. The average Bonchev–Trinajstić information content (AvgIpc) is 2.39. The summed E-state index contributed by atoms with van der Waals surface area (Å²) in [6, 6.07) is 0. The molecule has 0 heterocycles. The SMILES string of the molecule is CCCCCCCC(O)C1(OC)CCCCC1. The third-order valence-electron chi connectivity index (χ3n) is 4.29. The molecule has 0 bridgehead atoms. The number of aliphatic hydroxyl groups excluding tert-OH is 1. The lowest BCUT2D eigenvalue weighted by molar-refractivity contribution is -0.125. The second kappa shape index (κ2) is 8.10. The van der Waals surface area contributed by atoms with E-state index >= 15 is 0 Å². The topological polar surface area (TPSA) is 29.5 Å². The van der Waals surface area contributed by atoms with Gasteiger partial charge in [0.1, 0.15) is 0 Å². The molecule has 0 aromatic heterocycles. The zero-order valence-corrected chi connectivity index (χ0v) is 11.7.